The van der Waals surface area contributed by atoms with Gasteiger partial charge in [-0.1, -0.05) is 19.9 Å². The average Bonchev–Trinajstić information content (AvgIpc) is 2.57. The summed E-state index contributed by atoms with van der Waals surface area (Å²) in [5.74, 6) is 1.11. The molecule has 1 aromatic carbocycles. The summed E-state index contributed by atoms with van der Waals surface area (Å²) >= 11 is 0. The van der Waals surface area contributed by atoms with Gasteiger partial charge in [0, 0.05) is 11.5 Å². The average molecular weight is 232 g/mol. The van der Waals surface area contributed by atoms with Crippen molar-refractivity contribution in [2.45, 2.75) is 45.6 Å². The summed E-state index contributed by atoms with van der Waals surface area (Å²) in [6.07, 6.45) is 0.840. The summed E-state index contributed by atoms with van der Waals surface area (Å²) in [5, 5.41) is 0. The van der Waals surface area contributed by atoms with Gasteiger partial charge in [-0.25, -0.2) is 4.98 Å². The lowest BCUT2D eigenvalue weighted by molar-refractivity contribution is 0.501. The van der Waals surface area contributed by atoms with Crippen molar-refractivity contribution in [2.75, 3.05) is 0 Å². The first-order valence-corrected chi connectivity index (χ1v) is 6.03. The molecule has 0 amide bonds. The molecule has 0 bridgehead atoms. The predicted octanol–water partition coefficient (Wildman–Crippen LogP) is 3.23. The highest BCUT2D eigenvalue weighted by Crippen LogP contribution is 2.23. The van der Waals surface area contributed by atoms with Crippen molar-refractivity contribution in [2.24, 2.45) is 5.73 Å². The lowest BCUT2D eigenvalue weighted by Crippen LogP contribution is -2.34. The van der Waals surface area contributed by atoms with Crippen LogP contribution in [-0.4, -0.2) is 10.5 Å². The van der Waals surface area contributed by atoms with Crippen LogP contribution < -0.4 is 5.73 Å². The number of nitrogens with zero attached hydrogens (tertiary/aromatic N) is 1. The molecule has 2 rings (SSSR count). The van der Waals surface area contributed by atoms with Crippen molar-refractivity contribution in [3.8, 4) is 0 Å². The third-order valence-corrected chi connectivity index (χ3v) is 2.62. The first-order chi connectivity index (χ1) is 7.85. The molecule has 0 unspecified atom stereocenters. The molecule has 0 atom stereocenters. The third kappa shape index (κ3) is 2.86. The van der Waals surface area contributed by atoms with Crippen LogP contribution in [0.3, 0.4) is 0 Å². The molecular formula is C14H20N2O. The minimum Gasteiger partial charge on any atom is -0.440 e. The number of aromatic nitrogens is 1. The van der Waals surface area contributed by atoms with Gasteiger partial charge in [0.25, 0.3) is 0 Å². The van der Waals surface area contributed by atoms with E-state index in [9.17, 15) is 0 Å². The highest BCUT2D eigenvalue weighted by Gasteiger charge is 2.14. The molecule has 0 saturated heterocycles. The Morgan fingerprint density at radius 2 is 2.06 bits per heavy atom. The van der Waals surface area contributed by atoms with E-state index < -0.39 is 0 Å². The highest BCUT2D eigenvalue weighted by atomic mass is 16.3. The maximum absolute atomic E-state index is 6.02. The van der Waals surface area contributed by atoms with Gasteiger partial charge in [-0.05, 0) is 38.0 Å². The van der Waals surface area contributed by atoms with E-state index in [1.54, 1.807) is 0 Å². The maximum Gasteiger partial charge on any atom is 0.198 e. The lowest BCUT2D eigenvalue weighted by atomic mass is 9.96. The molecule has 2 aromatic rings. The van der Waals surface area contributed by atoms with E-state index in [4.69, 9.17) is 10.2 Å². The first-order valence-electron chi connectivity index (χ1n) is 6.03. The van der Waals surface area contributed by atoms with Crippen LogP contribution in [0.15, 0.2) is 22.6 Å². The van der Waals surface area contributed by atoms with E-state index >= 15 is 0 Å². The third-order valence-electron chi connectivity index (χ3n) is 2.62. The Morgan fingerprint density at radius 3 is 2.65 bits per heavy atom. The van der Waals surface area contributed by atoms with Gasteiger partial charge in [-0.2, -0.15) is 0 Å². The Bertz CT molecular complexity index is 520. The van der Waals surface area contributed by atoms with Crippen LogP contribution in [0.4, 0.5) is 0 Å². The zero-order chi connectivity index (χ0) is 12.6. The highest BCUT2D eigenvalue weighted by molar-refractivity contribution is 5.73. The standard InChI is InChI=1S/C14H20N2O/c1-9(2)13-16-11-7-10(8-14(3,4)15)5-6-12(11)17-13/h5-7,9H,8,15H2,1-4H3. The van der Waals surface area contributed by atoms with Crippen molar-refractivity contribution in [1.29, 1.82) is 0 Å². The molecule has 0 aliphatic heterocycles. The smallest absolute Gasteiger partial charge is 0.198 e. The van der Waals surface area contributed by atoms with Crippen LogP contribution in [-0.2, 0) is 6.42 Å². The van der Waals surface area contributed by atoms with Crippen molar-refractivity contribution in [3.05, 3.63) is 29.7 Å². The van der Waals surface area contributed by atoms with Gasteiger partial charge in [0.15, 0.2) is 11.5 Å². The number of hydrogen-bond acceptors (Lipinski definition) is 3. The van der Waals surface area contributed by atoms with Crippen molar-refractivity contribution >= 4 is 11.1 Å². The zero-order valence-corrected chi connectivity index (χ0v) is 10.9. The molecule has 3 nitrogen and oxygen atoms in total. The number of nitrogens with two attached hydrogens (primary N) is 1. The van der Waals surface area contributed by atoms with E-state index in [0.29, 0.717) is 5.92 Å². The van der Waals surface area contributed by atoms with Crippen molar-refractivity contribution < 1.29 is 4.42 Å². The lowest BCUT2D eigenvalue weighted by Gasteiger charge is -2.17. The summed E-state index contributed by atoms with van der Waals surface area (Å²) in [4.78, 5) is 4.50. The zero-order valence-electron chi connectivity index (χ0n) is 10.9. The second-order valence-corrected chi connectivity index (χ2v) is 5.67. The number of hydrogen-bond donors (Lipinski definition) is 1. The molecule has 1 heterocycles. The van der Waals surface area contributed by atoms with Crippen LogP contribution in [0.5, 0.6) is 0 Å². The molecular weight excluding hydrogens is 212 g/mol. The minimum absolute atomic E-state index is 0.196. The molecule has 92 valence electrons. The largest absolute Gasteiger partial charge is 0.440 e. The van der Waals surface area contributed by atoms with E-state index in [1.807, 2.05) is 19.9 Å². The van der Waals surface area contributed by atoms with Gasteiger partial charge in [0.05, 0.1) is 0 Å². The van der Waals surface area contributed by atoms with E-state index in [1.165, 1.54) is 5.56 Å². The summed E-state index contributed by atoms with van der Waals surface area (Å²) in [7, 11) is 0. The fraction of sp³-hybridized carbons (Fsp3) is 0.500. The summed E-state index contributed by atoms with van der Waals surface area (Å²) in [6, 6.07) is 6.11. The van der Waals surface area contributed by atoms with Gasteiger partial charge >= 0.3 is 0 Å². The topological polar surface area (TPSA) is 52.0 Å². The predicted molar refractivity (Wildman–Crippen MR) is 70.1 cm³/mol. The SMILES string of the molecule is CC(C)c1nc2cc(CC(C)(C)N)ccc2o1. The Balaban J connectivity index is 2.37. The van der Waals surface area contributed by atoms with Gasteiger partial charge in [0.1, 0.15) is 5.52 Å². The second-order valence-electron chi connectivity index (χ2n) is 5.67. The van der Waals surface area contributed by atoms with E-state index in [2.05, 4.69) is 31.0 Å². The van der Waals surface area contributed by atoms with Crippen LogP contribution in [0.1, 0.15) is 45.1 Å². The van der Waals surface area contributed by atoms with Gasteiger partial charge in [-0.15, -0.1) is 0 Å². The molecule has 3 heteroatoms. The fourth-order valence-corrected chi connectivity index (χ4v) is 1.87. The molecule has 0 spiro atoms. The summed E-state index contributed by atoms with van der Waals surface area (Å²) < 4.78 is 5.67. The Labute approximate surface area is 102 Å². The molecule has 0 aliphatic carbocycles. The molecule has 0 aliphatic rings. The normalized spacial score (nSPS) is 12.6. The van der Waals surface area contributed by atoms with E-state index in [-0.39, 0.29) is 5.54 Å². The van der Waals surface area contributed by atoms with Crippen molar-refractivity contribution in [1.82, 2.24) is 4.98 Å². The minimum atomic E-state index is -0.196. The van der Waals surface area contributed by atoms with Gasteiger partial charge < -0.3 is 10.2 Å². The maximum atomic E-state index is 6.02. The summed E-state index contributed by atoms with van der Waals surface area (Å²) in [6.45, 7) is 8.21. The fourth-order valence-electron chi connectivity index (χ4n) is 1.87. The summed E-state index contributed by atoms with van der Waals surface area (Å²) in [5.41, 5.74) is 8.81. The number of fused-ring (bicyclic) bond motifs is 1. The van der Waals surface area contributed by atoms with Crippen LogP contribution in [0, 0.1) is 0 Å². The molecule has 0 radical (unpaired) electrons. The molecule has 1 aromatic heterocycles. The molecule has 0 fully saturated rings. The Hall–Kier alpha value is -1.35. The van der Waals surface area contributed by atoms with Crippen LogP contribution in [0.2, 0.25) is 0 Å². The number of oxazole rings is 1. The number of rotatable bonds is 3. The van der Waals surface area contributed by atoms with Gasteiger partial charge in [0.2, 0.25) is 0 Å². The Morgan fingerprint density at radius 1 is 1.35 bits per heavy atom. The quantitative estimate of drug-likeness (QED) is 0.883. The molecule has 17 heavy (non-hydrogen) atoms. The molecule has 2 N–H and O–H groups in total. The van der Waals surface area contributed by atoms with Crippen LogP contribution >= 0.6 is 0 Å². The second kappa shape index (κ2) is 4.15. The van der Waals surface area contributed by atoms with E-state index in [0.717, 1.165) is 23.4 Å². The number of benzene rings is 1. The molecule has 0 saturated carbocycles. The first kappa shape index (κ1) is 12.1. The monoisotopic (exact) mass is 232 g/mol. The van der Waals surface area contributed by atoms with Gasteiger partial charge in [-0.3, -0.25) is 0 Å². The Kier molecular flexibility index (Phi) is 2.96. The van der Waals surface area contributed by atoms with Crippen LogP contribution in [0.25, 0.3) is 11.1 Å². The van der Waals surface area contributed by atoms with Crippen molar-refractivity contribution in [3.63, 3.8) is 0 Å².